The second-order valence-corrected chi connectivity index (χ2v) is 8.51. The summed E-state index contributed by atoms with van der Waals surface area (Å²) in [6.07, 6.45) is 3.52. The van der Waals surface area contributed by atoms with Crippen molar-refractivity contribution in [2.24, 2.45) is 0 Å². The predicted molar refractivity (Wildman–Crippen MR) is 119 cm³/mol. The molecular formula is C22H18BrFN4OS. The standard InChI is InChI=1S/C22H18BrFN4OS/c1-14-25-7-8-28(14)20-6-5-15(9-19(20)24)12-26-21(29)11-18-13-30-22(27-18)16-3-2-4-17(23)10-16/h2-10,13H,11-12H2,1H3,(H,26,29). The van der Waals surface area contributed by atoms with Crippen LogP contribution in [0.1, 0.15) is 17.1 Å². The maximum atomic E-state index is 14.5. The fraction of sp³-hybridized carbons (Fsp3) is 0.136. The van der Waals surface area contributed by atoms with Crippen LogP contribution in [0.2, 0.25) is 0 Å². The van der Waals surface area contributed by atoms with Gasteiger partial charge in [0, 0.05) is 34.4 Å². The quantitative estimate of drug-likeness (QED) is 0.415. The lowest BCUT2D eigenvalue weighted by Gasteiger charge is -2.09. The van der Waals surface area contributed by atoms with Crippen LogP contribution >= 0.6 is 27.3 Å². The Morgan fingerprint density at radius 2 is 2.13 bits per heavy atom. The van der Waals surface area contributed by atoms with Gasteiger partial charge in [-0.3, -0.25) is 4.79 Å². The van der Waals surface area contributed by atoms with Gasteiger partial charge in [0.1, 0.15) is 16.6 Å². The van der Waals surface area contributed by atoms with Crippen LogP contribution in [0.3, 0.4) is 0 Å². The maximum Gasteiger partial charge on any atom is 0.226 e. The molecule has 0 fully saturated rings. The SMILES string of the molecule is Cc1nccn1-c1ccc(CNC(=O)Cc2csc(-c3cccc(Br)c3)n2)cc1F. The molecule has 0 bridgehead atoms. The number of hydrogen-bond donors (Lipinski definition) is 1. The van der Waals surface area contributed by atoms with Crippen LogP contribution in [0.15, 0.2) is 64.7 Å². The molecule has 0 spiro atoms. The Morgan fingerprint density at radius 3 is 2.87 bits per heavy atom. The van der Waals surface area contributed by atoms with E-state index in [2.05, 4.69) is 31.2 Å². The summed E-state index contributed by atoms with van der Waals surface area (Å²) in [7, 11) is 0. The molecule has 30 heavy (non-hydrogen) atoms. The van der Waals surface area contributed by atoms with Crippen molar-refractivity contribution in [1.82, 2.24) is 19.9 Å². The van der Waals surface area contributed by atoms with Gasteiger partial charge in [-0.15, -0.1) is 11.3 Å². The lowest BCUT2D eigenvalue weighted by molar-refractivity contribution is -0.120. The van der Waals surface area contributed by atoms with Crippen LogP contribution in [-0.4, -0.2) is 20.4 Å². The van der Waals surface area contributed by atoms with Crippen LogP contribution in [-0.2, 0) is 17.8 Å². The Morgan fingerprint density at radius 1 is 1.27 bits per heavy atom. The van der Waals surface area contributed by atoms with Crippen LogP contribution in [0.4, 0.5) is 4.39 Å². The Hall–Kier alpha value is -2.84. The lowest BCUT2D eigenvalue weighted by atomic mass is 10.2. The van der Waals surface area contributed by atoms with E-state index in [1.807, 2.05) is 36.6 Å². The highest BCUT2D eigenvalue weighted by Crippen LogP contribution is 2.26. The molecule has 152 valence electrons. The first-order valence-corrected chi connectivity index (χ1v) is 10.9. The number of aromatic nitrogens is 3. The molecule has 2 aromatic carbocycles. The van der Waals surface area contributed by atoms with Gasteiger partial charge < -0.3 is 9.88 Å². The van der Waals surface area contributed by atoms with Gasteiger partial charge in [0.15, 0.2) is 0 Å². The lowest BCUT2D eigenvalue weighted by Crippen LogP contribution is -2.24. The molecule has 8 heteroatoms. The van der Waals surface area contributed by atoms with E-state index < -0.39 is 0 Å². The topological polar surface area (TPSA) is 59.8 Å². The second-order valence-electron chi connectivity index (χ2n) is 6.74. The Kier molecular flexibility index (Phi) is 6.06. The smallest absolute Gasteiger partial charge is 0.226 e. The summed E-state index contributed by atoms with van der Waals surface area (Å²) in [4.78, 5) is 21.0. The van der Waals surface area contributed by atoms with Gasteiger partial charge in [-0.1, -0.05) is 34.1 Å². The predicted octanol–water partition coefficient (Wildman–Crippen LogP) is 5.06. The van der Waals surface area contributed by atoms with Gasteiger partial charge in [0.25, 0.3) is 0 Å². The number of benzene rings is 2. The first-order valence-electron chi connectivity index (χ1n) is 9.25. The minimum atomic E-state index is -0.360. The van der Waals surface area contributed by atoms with E-state index in [1.165, 1.54) is 17.4 Å². The largest absolute Gasteiger partial charge is 0.352 e. The van der Waals surface area contributed by atoms with Crippen molar-refractivity contribution >= 4 is 33.2 Å². The molecule has 0 atom stereocenters. The molecule has 0 aliphatic rings. The zero-order valence-electron chi connectivity index (χ0n) is 16.1. The number of nitrogens with zero attached hydrogens (tertiary/aromatic N) is 3. The number of nitrogens with one attached hydrogen (secondary N) is 1. The number of thiazole rings is 1. The second kappa shape index (κ2) is 8.89. The van der Waals surface area contributed by atoms with E-state index in [1.54, 1.807) is 29.1 Å². The third-order valence-electron chi connectivity index (χ3n) is 4.55. The molecule has 1 amide bonds. The maximum absolute atomic E-state index is 14.5. The number of imidazole rings is 1. The number of rotatable bonds is 6. The summed E-state index contributed by atoms with van der Waals surface area (Å²) in [5.74, 6) is 0.192. The van der Waals surface area contributed by atoms with Gasteiger partial charge in [0.2, 0.25) is 5.91 Å². The number of carbonyl (C=O) groups excluding carboxylic acids is 1. The zero-order chi connectivity index (χ0) is 21.1. The van der Waals surface area contributed by atoms with Crippen LogP contribution in [0.25, 0.3) is 16.3 Å². The Labute approximate surface area is 185 Å². The number of halogens is 2. The number of hydrogen-bond acceptors (Lipinski definition) is 4. The highest BCUT2D eigenvalue weighted by molar-refractivity contribution is 9.10. The van der Waals surface area contributed by atoms with Crippen LogP contribution < -0.4 is 5.32 Å². The van der Waals surface area contributed by atoms with Crippen molar-refractivity contribution in [2.45, 2.75) is 19.9 Å². The van der Waals surface area contributed by atoms with Gasteiger partial charge >= 0.3 is 0 Å². The van der Waals surface area contributed by atoms with Gasteiger partial charge in [-0.05, 0) is 36.8 Å². The molecule has 1 N–H and O–H groups in total. The normalized spacial score (nSPS) is 10.9. The van der Waals surface area contributed by atoms with E-state index in [4.69, 9.17) is 0 Å². The number of aryl methyl sites for hydroxylation is 1. The van der Waals surface area contributed by atoms with E-state index in [0.717, 1.165) is 15.0 Å². The molecular weight excluding hydrogens is 467 g/mol. The van der Waals surface area contributed by atoms with E-state index >= 15 is 0 Å². The van der Waals surface area contributed by atoms with E-state index in [-0.39, 0.29) is 24.7 Å². The van der Waals surface area contributed by atoms with Gasteiger partial charge in [-0.25, -0.2) is 14.4 Å². The van der Waals surface area contributed by atoms with Crippen molar-refractivity contribution in [3.63, 3.8) is 0 Å². The highest BCUT2D eigenvalue weighted by atomic mass is 79.9. The van der Waals surface area contributed by atoms with Gasteiger partial charge in [0.05, 0.1) is 17.8 Å². The summed E-state index contributed by atoms with van der Waals surface area (Å²) in [6, 6.07) is 12.8. The zero-order valence-corrected chi connectivity index (χ0v) is 18.5. The Bertz CT molecular complexity index is 1200. The monoisotopic (exact) mass is 484 g/mol. The fourth-order valence-electron chi connectivity index (χ4n) is 3.06. The van der Waals surface area contributed by atoms with Crippen molar-refractivity contribution in [3.8, 4) is 16.3 Å². The molecule has 0 saturated heterocycles. The van der Waals surface area contributed by atoms with E-state index in [0.29, 0.717) is 22.8 Å². The molecule has 0 radical (unpaired) electrons. The van der Waals surface area contributed by atoms with Crippen molar-refractivity contribution < 1.29 is 9.18 Å². The molecule has 2 heterocycles. The minimum absolute atomic E-state index is 0.156. The average molecular weight is 485 g/mol. The highest BCUT2D eigenvalue weighted by Gasteiger charge is 2.11. The fourth-order valence-corrected chi connectivity index (χ4v) is 4.27. The third-order valence-corrected chi connectivity index (χ3v) is 5.99. The Balaban J connectivity index is 1.36. The van der Waals surface area contributed by atoms with Crippen molar-refractivity contribution in [2.75, 3.05) is 0 Å². The summed E-state index contributed by atoms with van der Waals surface area (Å²) >= 11 is 4.96. The molecule has 0 aliphatic heterocycles. The molecule has 0 aliphatic carbocycles. The van der Waals surface area contributed by atoms with Gasteiger partial charge in [-0.2, -0.15) is 0 Å². The van der Waals surface area contributed by atoms with Crippen LogP contribution in [0.5, 0.6) is 0 Å². The van der Waals surface area contributed by atoms with E-state index in [9.17, 15) is 9.18 Å². The first-order chi connectivity index (χ1) is 14.5. The van der Waals surface area contributed by atoms with Crippen LogP contribution in [0, 0.1) is 12.7 Å². The summed E-state index contributed by atoms with van der Waals surface area (Å²) in [5, 5.41) is 5.58. The first kappa shape index (κ1) is 20.4. The average Bonchev–Trinajstić information content (AvgIpc) is 3.36. The molecule has 5 nitrogen and oxygen atoms in total. The third kappa shape index (κ3) is 4.66. The molecule has 2 aromatic heterocycles. The molecule has 4 rings (SSSR count). The number of amides is 1. The van der Waals surface area contributed by atoms with Crippen molar-refractivity contribution in [3.05, 3.63) is 87.6 Å². The number of carbonyl (C=O) groups is 1. The summed E-state index contributed by atoms with van der Waals surface area (Å²) < 4.78 is 17.1. The van der Waals surface area contributed by atoms with Crippen molar-refractivity contribution in [1.29, 1.82) is 0 Å². The molecule has 0 saturated carbocycles. The molecule has 4 aromatic rings. The summed E-state index contributed by atoms with van der Waals surface area (Å²) in [5.41, 5.74) is 2.84. The minimum Gasteiger partial charge on any atom is -0.352 e. The summed E-state index contributed by atoms with van der Waals surface area (Å²) in [6.45, 7) is 2.07. The molecule has 0 unspecified atom stereocenters.